The van der Waals surface area contributed by atoms with E-state index in [1.165, 1.54) is 15.8 Å². The van der Waals surface area contributed by atoms with E-state index >= 15 is 0 Å². The number of para-hydroxylation sites is 1. The van der Waals surface area contributed by atoms with Gasteiger partial charge in [-0.25, -0.2) is 4.98 Å². The highest BCUT2D eigenvalue weighted by Gasteiger charge is 2.08. The highest BCUT2D eigenvalue weighted by atomic mass is 79.9. The third-order valence-corrected chi connectivity index (χ3v) is 4.74. The maximum absolute atomic E-state index is 4.70. The van der Waals surface area contributed by atoms with Gasteiger partial charge in [-0.1, -0.05) is 46.3 Å². The molecule has 1 N–H and O–H groups in total. The van der Waals surface area contributed by atoms with Gasteiger partial charge in [0.25, 0.3) is 0 Å². The summed E-state index contributed by atoms with van der Waals surface area (Å²) in [5.74, 6) is 0. The largest absolute Gasteiger partial charge is 0.331 e. The minimum absolute atomic E-state index is 0.950. The van der Waals surface area contributed by atoms with E-state index < -0.39 is 0 Å². The molecule has 20 heavy (non-hydrogen) atoms. The third kappa shape index (κ3) is 2.58. The van der Waals surface area contributed by atoms with Crippen LogP contribution in [0.25, 0.3) is 10.2 Å². The van der Waals surface area contributed by atoms with Crippen LogP contribution in [0.5, 0.6) is 0 Å². The highest BCUT2D eigenvalue weighted by Crippen LogP contribution is 2.31. The molecule has 0 saturated heterocycles. The summed E-state index contributed by atoms with van der Waals surface area (Å²) in [7, 11) is 0. The van der Waals surface area contributed by atoms with Gasteiger partial charge in [-0.15, -0.1) is 0 Å². The number of benzene rings is 2. The molecule has 3 aromatic rings. The van der Waals surface area contributed by atoms with Gasteiger partial charge in [-0.3, -0.25) is 0 Å². The molecule has 1 aromatic heterocycles. The zero-order valence-corrected chi connectivity index (χ0v) is 13.8. The SMILES string of the molecule is CCc1cc(Br)ccc1Nc1nc2c(C)cccc2s1. The summed E-state index contributed by atoms with van der Waals surface area (Å²) in [4.78, 5) is 4.70. The smallest absolute Gasteiger partial charge is 0.188 e. The Balaban J connectivity index is 1.99. The van der Waals surface area contributed by atoms with Crippen LogP contribution in [0.4, 0.5) is 10.8 Å². The van der Waals surface area contributed by atoms with Crippen LogP contribution in [0, 0.1) is 6.92 Å². The first-order chi connectivity index (χ1) is 9.67. The van der Waals surface area contributed by atoms with Crippen LogP contribution in [0.2, 0.25) is 0 Å². The third-order valence-electron chi connectivity index (χ3n) is 3.31. The number of aromatic nitrogens is 1. The molecule has 3 rings (SSSR count). The van der Waals surface area contributed by atoms with Crippen molar-refractivity contribution in [1.29, 1.82) is 0 Å². The lowest BCUT2D eigenvalue weighted by molar-refractivity contribution is 1.14. The normalized spacial score (nSPS) is 10.9. The monoisotopic (exact) mass is 346 g/mol. The molecule has 0 unspecified atom stereocenters. The van der Waals surface area contributed by atoms with E-state index in [0.29, 0.717) is 0 Å². The molecule has 0 aliphatic rings. The molecular formula is C16H15BrN2S. The summed E-state index contributed by atoms with van der Waals surface area (Å²) >= 11 is 5.22. The first-order valence-corrected chi connectivity index (χ1v) is 8.20. The minimum atomic E-state index is 0.950. The highest BCUT2D eigenvalue weighted by molar-refractivity contribution is 9.10. The van der Waals surface area contributed by atoms with Crippen LogP contribution in [0.3, 0.4) is 0 Å². The summed E-state index contributed by atoms with van der Waals surface area (Å²) in [6.45, 7) is 4.26. The molecule has 0 bridgehead atoms. The Labute approximate surface area is 131 Å². The van der Waals surface area contributed by atoms with E-state index in [9.17, 15) is 0 Å². The molecule has 4 heteroatoms. The van der Waals surface area contributed by atoms with E-state index in [4.69, 9.17) is 4.98 Å². The molecule has 2 aromatic carbocycles. The molecule has 0 aliphatic carbocycles. The fourth-order valence-corrected chi connectivity index (χ4v) is 3.60. The summed E-state index contributed by atoms with van der Waals surface area (Å²) in [5.41, 5.74) is 4.73. The number of nitrogens with one attached hydrogen (secondary N) is 1. The van der Waals surface area contributed by atoms with Crippen molar-refractivity contribution in [1.82, 2.24) is 4.98 Å². The standard InChI is InChI=1S/C16H15BrN2S/c1-3-11-9-12(17)7-8-13(11)18-16-19-15-10(2)5-4-6-14(15)20-16/h4-9H,3H2,1-2H3,(H,18,19). The van der Waals surface area contributed by atoms with Crippen molar-refractivity contribution in [3.05, 3.63) is 52.0 Å². The Morgan fingerprint density at radius 2 is 2.10 bits per heavy atom. The topological polar surface area (TPSA) is 24.9 Å². The van der Waals surface area contributed by atoms with E-state index in [2.05, 4.69) is 71.5 Å². The van der Waals surface area contributed by atoms with E-state index in [1.807, 2.05) is 0 Å². The number of halogens is 1. The quantitative estimate of drug-likeness (QED) is 0.660. The van der Waals surface area contributed by atoms with Crippen molar-refractivity contribution in [2.45, 2.75) is 20.3 Å². The number of thiazole rings is 1. The fourth-order valence-electron chi connectivity index (χ4n) is 2.23. The number of hydrogen-bond donors (Lipinski definition) is 1. The van der Waals surface area contributed by atoms with Gasteiger partial charge in [0.15, 0.2) is 5.13 Å². The van der Waals surface area contributed by atoms with Crippen LogP contribution in [-0.4, -0.2) is 4.98 Å². The van der Waals surface area contributed by atoms with Crippen molar-refractivity contribution >= 4 is 48.3 Å². The van der Waals surface area contributed by atoms with E-state index in [0.717, 1.165) is 27.2 Å². The summed E-state index contributed by atoms with van der Waals surface area (Å²) in [5, 5.41) is 4.40. The van der Waals surface area contributed by atoms with Crippen LogP contribution < -0.4 is 5.32 Å². The Bertz CT molecular complexity index is 764. The predicted octanol–water partition coefficient (Wildman–Crippen LogP) is 5.67. The maximum Gasteiger partial charge on any atom is 0.188 e. The number of hydrogen-bond acceptors (Lipinski definition) is 3. The fraction of sp³-hybridized carbons (Fsp3) is 0.188. The van der Waals surface area contributed by atoms with Gasteiger partial charge in [0.05, 0.1) is 10.2 Å². The average Bonchev–Trinajstić information content (AvgIpc) is 2.85. The maximum atomic E-state index is 4.70. The first kappa shape index (κ1) is 13.6. The summed E-state index contributed by atoms with van der Waals surface area (Å²) < 4.78 is 2.34. The summed E-state index contributed by atoms with van der Waals surface area (Å²) in [6.07, 6.45) is 0.992. The van der Waals surface area contributed by atoms with Crippen LogP contribution in [0.15, 0.2) is 40.9 Å². The van der Waals surface area contributed by atoms with E-state index in [-0.39, 0.29) is 0 Å². The van der Waals surface area contributed by atoms with Crippen LogP contribution in [-0.2, 0) is 6.42 Å². The second-order valence-corrected chi connectivity index (χ2v) is 6.67. The van der Waals surface area contributed by atoms with Gasteiger partial charge < -0.3 is 5.32 Å². The van der Waals surface area contributed by atoms with Gasteiger partial charge in [-0.2, -0.15) is 0 Å². The Hall–Kier alpha value is -1.39. The number of nitrogens with zero attached hydrogens (tertiary/aromatic N) is 1. The van der Waals surface area contributed by atoms with Crippen molar-refractivity contribution in [3.63, 3.8) is 0 Å². The zero-order valence-electron chi connectivity index (χ0n) is 11.4. The lowest BCUT2D eigenvalue weighted by atomic mass is 10.1. The lowest BCUT2D eigenvalue weighted by Crippen LogP contribution is -1.94. The molecule has 0 amide bonds. The van der Waals surface area contributed by atoms with Crippen LogP contribution in [0.1, 0.15) is 18.1 Å². The Morgan fingerprint density at radius 3 is 2.85 bits per heavy atom. The molecule has 102 valence electrons. The molecule has 0 atom stereocenters. The van der Waals surface area contributed by atoms with Crippen molar-refractivity contribution in [3.8, 4) is 0 Å². The number of rotatable bonds is 3. The molecule has 1 heterocycles. The molecular weight excluding hydrogens is 332 g/mol. The Kier molecular flexibility index (Phi) is 3.76. The minimum Gasteiger partial charge on any atom is -0.331 e. The molecule has 0 spiro atoms. The lowest BCUT2D eigenvalue weighted by Gasteiger charge is -2.08. The van der Waals surface area contributed by atoms with Crippen molar-refractivity contribution in [2.75, 3.05) is 5.32 Å². The molecule has 0 aliphatic heterocycles. The number of aryl methyl sites for hydroxylation is 2. The van der Waals surface area contributed by atoms with Gasteiger partial charge in [0.1, 0.15) is 0 Å². The van der Waals surface area contributed by atoms with Gasteiger partial charge in [0.2, 0.25) is 0 Å². The van der Waals surface area contributed by atoms with Gasteiger partial charge in [-0.05, 0) is 48.7 Å². The van der Waals surface area contributed by atoms with Crippen molar-refractivity contribution in [2.24, 2.45) is 0 Å². The molecule has 2 nitrogen and oxygen atoms in total. The van der Waals surface area contributed by atoms with Gasteiger partial charge >= 0.3 is 0 Å². The Morgan fingerprint density at radius 1 is 1.25 bits per heavy atom. The zero-order chi connectivity index (χ0) is 14.1. The molecule has 0 saturated carbocycles. The van der Waals surface area contributed by atoms with Crippen LogP contribution >= 0.6 is 27.3 Å². The number of fused-ring (bicyclic) bond motifs is 1. The molecule has 0 radical (unpaired) electrons. The second-order valence-electron chi connectivity index (χ2n) is 4.72. The van der Waals surface area contributed by atoms with Crippen molar-refractivity contribution < 1.29 is 0 Å². The second kappa shape index (κ2) is 5.54. The van der Waals surface area contributed by atoms with E-state index in [1.54, 1.807) is 11.3 Å². The summed E-state index contributed by atoms with van der Waals surface area (Å²) in [6, 6.07) is 12.6. The molecule has 0 fully saturated rings. The average molecular weight is 347 g/mol. The first-order valence-electron chi connectivity index (χ1n) is 6.59. The van der Waals surface area contributed by atoms with Gasteiger partial charge in [0, 0.05) is 10.2 Å². The number of anilines is 2. The predicted molar refractivity (Wildman–Crippen MR) is 91.2 cm³/mol.